The number of ether oxygens (including phenoxy) is 3. The highest BCUT2D eigenvalue weighted by atomic mass is 16.8. The van der Waals surface area contributed by atoms with E-state index in [4.69, 9.17) is 14.2 Å². The highest BCUT2D eigenvalue weighted by molar-refractivity contribution is 5.76. The van der Waals surface area contributed by atoms with E-state index in [2.05, 4.69) is 34.6 Å². The van der Waals surface area contributed by atoms with E-state index < -0.39 is 11.2 Å². The zero-order valence-electron chi connectivity index (χ0n) is 19.0. The van der Waals surface area contributed by atoms with E-state index in [-0.39, 0.29) is 23.4 Å². The van der Waals surface area contributed by atoms with E-state index >= 15 is 0 Å². The van der Waals surface area contributed by atoms with Crippen LogP contribution in [0.25, 0.3) is 0 Å². The first kappa shape index (κ1) is 22.1. The molecule has 3 rings (SSSR count). The van der Waals surface area contributed by atoms with Crippen LogP contribution in [0.5, 0.6) is 0 Å². The molecule has 2 aliphatic carbocycles. The van der Waals surface area contributed by atoms with Crippen LogP contribution in [0.1, 0.15) is 92.9 Å². The third-order valence-electron chi connectivity index (χ3n) is 7.49. The number of fused-ring (bicyclic) bond motifs is 1. The summed E-state index contributed by atoms with van der Waals surface area (Å²) in [5.74, 6) is 1.33. The second-order valence-electron chi connectivity index (χ2n) is 11.4. The van der Waals surface area contributed by atoms with Crippen LogP contribution < -0.4 is 0 Å². The number of carbonyl (C=O) groups is 1. The Morgan fingerprint density at radius 1 is 1.11 bits per heavy atom. The highest BCUT2D eigenvalue weighted by Crippen LogP contribution is 2.48. The number of rotatable bonds is 5. The van der Waals surface area contributed by atoms with Crippen molar-refractivity contribution < 1.29 is 19.0 Å². The summed E-state index contributed by atoms with van der Waals surface area (Å²) in [4.78, 5) is 13.0. The summed E-state index contributed by atoms with van der Waals surface area (Å²) in [7, 11) is 0. The van der Waals surface area contributed by atoms with Crippen LogP contribution in [0.4, 0.5) is 0 Å². The van der Waals surface area contributed by atoms with Gasteiger partial charge < -0.3 is 14.2 Å². The molecule has 0 aromatic heterocycles. The van der Waals surface area contributed by atoms with E-state index in [0.717, 1.165) is 31.1 Å². The van der Waals surface area contributed by atoms with E-state index in [1.54, 1.807) is 0 Å². The Balaban J connectivity index is 1.53. The maximum absolute atomic E-state index is 13.0. The molecule has 162 valence electrons. The van der Waals surface area contributed by atoms with Crippen LogP contribution in [-0.4, -0.2) is 31.1 Å². The fourth-order valence-electron chi connectivity index (χ4n) is 5.72. The molecule has 1 saturated heterocycles. The molecule has 0 N–H and O–H groups in total. The molecular weight excluding hydrogens is 352 g/mol. The zero-order chi connectivity index (χ0) is 20.6. The molecule has 0 aromatic carbocycles. The van der Waals surface area contributed by atoms with Gasteiger partial charge >= 0.3 is 5.97 Å². The number of hydrogen-bond donors (Lipinski definition) is 0. The van der Waals surface area contributed by atoms with E-state index in [1.807, 2.05) is 6.92 Å². The van der Waals surface area contributed by atoms with Crippen LogP contribution in [0.2, 0.25) is 0 Å². The standard InChI is InChI=1S/C24H42O4/c1-17(2)23(6,16-22(3,4)5)21(25)26-14-20-15-27-24(28-20)12-11-18-9-7-8-10-19(18)13-24/h17-20H,7-16H2,1-6H3. The molecule has 4 heteroatoms. The van der Waals surface area contributed by atoms with Crippen LogP contribution in [0, 0.1) is 28.6 Å². The van der Waals surface area contributed by atoms with Crippen molar-refractivity contribution in [2.75, 3.05) is 13.2 Å². The molecule has 0 bridgehead atoms. The van der Waals surface area contributed by atoms with Crippen LogP contribution >= 0.6 is 0 Å². The summed E-state index contributed by atoms with van der Waals surface area (Å²) >= 11 is 0. The third kappa shape index (κ3) is 4.92. The van der Waals surface area contributed by atoms with Crippen molar-refractivity contribution in [3.63, 3.8) is 0 Å². The summed E-state index contributed by atoms with van der Waals surface area (Å²) in [6, 6.07) is 0. The number of carbonyl (C=O) groups excluding carboxylic acids is 1. The average molecular weight is 395 g/mol. The quantitative estimate of drug-likeness (QED) is 0.559. The molecule has 0 amide bonds. The number of esters is 1. The normalized spacial score (nSPS) is 35.6. The van der Waals surface area contributed by atoms with Gasteiger partial charge in [-0.1, -0.05) is 53.9 Å². The summed E-state index contributed by atoms with van der Waals surface area (Å²) in [6.45, 7) is 13.7. The molecule has 5 atom stereocenters. The lowest BCUT2D eigenvalue weighted by Crippen LogP contribution is -2.42. The van der Waals surface area contributed by atoms with Crippen molar-refractivity contribution in [3.8, 4) is 0 Å². The molecule has 3 aliphatic rings. The summed E-state index contributed by atoms with van der Waals surface area (Å²) < 4.78 is 18.3. The van der Waals surface area contributed by atoms with Gasteiger partial charge in [0.2, 0.25) is 0 Å². The fourth-order valence-corrected chi connectivity index (χ4v) is 5.72. The van der Waals surface area contributed by atoms with Gasteiger partial charge in [0.15, 0.2) is 5.79 Å². The topological polar surface area (TPSA) is 44.8 Å². The Morgan fingerprint density at radius 3 is 2.43 bits per heavy atom. The number of hydrogen-bond acceptors (Lipinski definition) is 4. The molecule has 0 radical (unpaired) electrons. The van der Waals surface area contributed by atoms with E-state index in [1.165, 1.54) is 32.1 Å². The fraction of sp³-hybridized carbons (Fsp3) is 0.958. The van der Waals surface area contributed by atoms with Gasteiger partial charge in [0, 0.05) is 12.8 Å². The van der Waals surface area contributed by atoms with Gasteiger partial charge in [-0.25, -0.2) is 0 Å². The van der Waals surface area contributed by atoms with Crippen molar-refractivity contribution in [1.29, 1.82) is 0 Å². The van der Waals surface area contributed by atoms with Gasteiger partial charge in [-0.15, -0.1) is 0 Å². The zero-order valence-corrected chi connectivity index (χ0v) is 19.0. The van der Waals surface area contributed by atoms with Crippen molar-refractivity contribution in [2.45, 2.75) is 105 Å². The van der Waals surface area contributed by atoms with Gasteiger partial charge in [-0.2, -0.15) is 0 Å². The predicted molar refractivity (Wildman–Crippen MR) is 111 cm³/mol. The molecule has 1 spiro atoms. The molecule has 2 saturated carbocycles. The Kier molecular flexibility index (Phi) is 6.51. The first-order chi connectivity index (χ1) is 13.0. The van der Waals surface area contributed by atoms with E-state index in [0.29, 0.717) is 13.2 Å². The molecule has 4 nitrogen and oxygen atoms in total. The Hall–Kier alpha value is -0.610. The first-order valence-corrected chi connectivity index (χ1v) is 11.5. The third-order valence-corrected chi connectivity index (χ3v) is 7.49. The largest absolute Gasteiger partial charge is 0.462 e. The maximum Gasteiger partial charge on any atom is 0.312 e. The molecular formula is C24H42O4. The summed E-state index contributed by atoms with van der Waals surface area (Å²) in [6.07, 6.45) is 9.34. The Morgan fingerprint density at radius 2 is 1.79 bits per heavy atom. The maximum atomic E-state index is 13.0. The summed E-state index contributed by atoms with van der Waals surface area (Å²) in [5, 5.41) is 0. The predicted octanol–water partition coefficient (Wildman–Crippen LogP) is 5.73. The van der Waals surface area contributed by atoms with Crippen molar-refractivity contribution in [3.05, 3.63) is 0 Å². The van der Waals surface area contributed by atoms with Gasteiger partial charge in [-0.05, 0) is 49.4 Å². The minimum absolute atomic E-state index is 0.0771. The Bertz CT molecular complexity index is 551. The lowest BCUT2D eigenvalue weighted by Gasteiger charge is -2.43. The SMILES string of the molecule is CC(C)C(C)(CC(C)(C)C)C(=O)OCC1COC2(CCC3CCCCC3C2)O1. The highest BCUT2D eigenvalue weighted by Gasteiger charge is 2.49. The minimum atomic E-state index is -0.477. The second kappa shape index (κ2) is 8.26. The van der Waals surface area contributed by atoms with Gasteiger partial charge in [0.05, 0.1) is 12.0 Å². The Labute approximate surface area is 172 Å². The first-order valence-electron chi connectivity index (χ1n) is 11.5. The summed E-state index contributed by atoms with van der Waals surface area (Å²) in [5.41, 5.74) is -0.400. The van der Waals surface area contributed by atoms with Gasteiger partial charge in [0.25, 0.3) is 0 Å². The molecule has 3 fully saturated rings. The average Bonchev–Trinajstić information content (AvgIpc) is 3.00. The molecule has 1 heterocycles. The van der Waals surface area contributed by atoms with Gasteiger partial charge in [0.1, 0.15) is 12.7 Å². The monoisotopic (exact) mass is 394 g/mol. The molecule has 1 aliphatic heterocycles. The van der Waals surface area contributed by atoms with Crippen LogP contribution in [0.3, 0.4) is 0 Å². The van der Waals surface area contributed by atoms with E-state index in [9.17, 15) is 4.79 Å². The lowest BCUT2D eigenvalue weighted by atomic mass is 9.69. The van der Waals surface area contributed by atoms with Crippen LogP contribution in [0.15, 0.2) is 0 Å². The molecule has 5 unspecified atom stereocenters. The van der Waals surface area contributed by atoms with Crippen molar-refractivity contribution in [1.82, 2.24) is 0 Å². The smallest absolute Gasteiger partial charge is 0.312 e. The van der Waals surface area contributed by atoms with Crippen molar-refractivity contribution in [2.24, 2.45) is 28.6 Å². The van der Waals surface area contributed by atoms with Gasteiger partial charge in [-0.3, -0.25) is 4.79 Å². The van der Waals surface area contributed by atoms with Crippen molar-refractivity contribution >= 4 is 5.97 Å². The molecule has 0 aromatic rings. The molecule has 28 heavy (non-hydrogen) atoms. The van der Waals surface area contributed by atoms with Crippen LogP contribution in [-0.2, 0) is 19.0 Å². The lowest BCUT2D eigenvalue weighted by molar-refractivity contribution is -0.211. The minimum Gasteiger partial charge on any atom is -0.462 e. The second-order valence-corrected chi connectivity index (χ2v) is 11.4.